The summed E-state index contributed by atoms with van der Waals surface area (Å²) in [5.41, 5.74) is 2.16. The van der Waals surface area contributed by atoms with Crippen LogP contribution < -0.4 is 4.74 Å². The predicted molar refractivity (Wildman–Crippen MR) is 83.5 cm³/mol. The summed E-state index contributed by atoms with van der Waals surface area (Å²) in [6.45, 7) is 6.34. The van der Waals surface area contributed by atoms with Crippen molar-refractivity contribution in [3.05, 3.63) is 29.7 Å². The summed E-state index contributed by atoms with van der Waals surface area (Å²) >= 11 is 0. The summed E-state index contributed by atoms with van der Waals surface area (Å²) in [5, 5.41) is 0. The molecule has 5 nitrogen and oxygen atoms in total. The number of hydrogen-bond acceptors (Lipinski definition) is 4. The van der Waals surface area contributed by atoms with Gasteiger partial charge in [0.1, 0.15) is 17.0 Å². The van der Waals surface area contributed by atoms with Crippen molar-refractivity contribution in [1.29, 1.82) is 0 Å². The maximum Gasteiger partial charge on any atom is 0.343 e. The maximum absolute atomic E-state index is 12.0. The average molecular weight is 302 g/mol. The molecular formula is C17H22N2O3. The third-order valence-corrected chi connectivity index (χ3v) is 4.07. The van der Waals surface area contributed by atoms with Crippen LogP contribution in [0.3, 0.4) is 0 Å². The Morgan fingerprint density at radius 1 is 1.32 bits per heavy atom. The first-order chi connectivity index (χ1) is 10.4. The Morgan fingerprint density at radius 3 is 2.59 bits per heavy atom. The van der Waals surface area contributed by atoms with Gasteiger partial charge >= 0.3 is 5.97 Å². The van der Waals surface area contributed by atoms with Gasteiger partial charge in [-0.3, -0.25) is 0 Å². The first-order valence-electron chi connectivity index (χ1n) is 7.66. The number of ether oxygens (including phenoxy) is 2. The molecule has 0 unspecified atom stereocenters. The Hall–Kier alpha value is -2.04. The van der Waals surface area contributed by atoms with E-state index in [-0.39, 0.29) is 17.5 Å². The highest BCUT2D eigenvalue weighted by molar-refractivity contribution is 5.92. The second-order valence-electron chi connectivity index (χ2n) is 6.86. The molecule has 22 heavy (non-hydrogen) atoms. The van der Waals surface area contributed by atoms with Crippen molar-refractivity contribution in [2.24, 2.45) is 0 Å². The Kier molecular flexibility index (Phi) is 3.59. The number of fused-ring (bicyclic) bond motifs is 1. The van der Waals surface area contributed by atoms with E-state index in [1.54, 1.807) is 6.20 Å². The zero-order valence-electron chi connectivity index (χ0n) is 13.5. The van der Waals surface area contributed by atoms with E-state index < -0.39 is 0 Å². The minimum absolute atomic E-state index is 0.0492. The van der Waals surface area contributed by atoms with Gasteiger partial charge in [-0.15, -0.1) is 0 Å². The van der Waals surface area contributed by atoms with Crippen molar-refractivity contribution in [1.82, 2.24) is 9.38 Å². The topological polar surface area (TPSA) is 52.8 Å². The largest absolute Gasteiger partial charge is 0.489 e. The van der Waals surface area contributed by atoms with E-state index in [1.165, 1.54) is 13.5 Å². The first kappa shape index (κ1) is 14.9. The highest BCUT2D eigenvalue weighted by Crippen LogP contribution is 2.30. The highest BCUT2D eigenvalue weighted by Gasteiger charge is 2.24. The summed E-state index contributed by atoms with van der Waals surface area (Å²) in [7, 11) is 1.38. The van der Waals surface area contributed by atoms with Crippen LogP contribution in [-0.2, 0) is 10.2 Å². The fraction of sp³-hybridized carbons (Fsp3) is 0.529. The summed E-state index contributed by atoms with van der Waals surface area (Å²) < 4.78 is 12.7. The van der Waals surface area contributed by atoms with E-state index in [0.717, 1.165) is 24.2 Å². The molecule has 0 N–H and O–H groups in total. The summed E-state index contributed by atoms with van der Waals surface area (Å²) in [6, 6.07) is 1.83. The van der Waals surface area contributed by atoms with Gasteiger partial charge in [0, 0.05) is 23.9 Å². The highest BCUT2D eigenvalue weighted by atomic mass is 16.5. The van der Waals surface area contributed by atoms with Crippen molar-refractivity contribution < 1.29 is 14.3 Å². The maximum atomic E-state index is 12.0. The van der Waals surface area contributed by atoms with E-state index in [2.05, 4.69) is 25.8 Å². The van der Waals surface area contributed by atoms with Crippen LogP contribution in [0.4, 0.5) is 0 Å². The molecule has 2 aromatic heterocycles. The first-order valence-corrected chi connectivity index (χ1v) is 7.66. The quantitative estimate of drug-likeness (QED) is 0.816. The number of aromatic nitrogens is 2. The number of rotatable bonds is 3. The minimum atomic E-state index is -0.387. The van der Waals surface area contributed by atoms with Gasteiger partial charge in [0.2, 0.25) is 0 Å². The molecule has 1 saturated carbocycles. The summed E-state index contributed by atoms with van der Waals surface area (Å²) in [4.78, 5) is 16.7. The number of imidazole rings is 1. The normalized spacial score (nSPS) is 15.6. The Bertz CT molecular complexity index is 708. The second-order valence-corrected chi connectivity index (χ2v) is 6.86. The lowest BCUT2D eigenvalue weighted by Gasteiger charge is -2.27. The van der Waals surface area contributed by atoms with Gasteiger partial charge in [-0.1, -0.05) is 20.8 Å². The van der Waals surface area contributed by atoms with Crippen molar-refractivity contribution in [2.45, 2.75) is 51.6 Å². The number of carbonyl (C=O) groups is 1. The molecule has 2 aromatic rings. The number of methoxy groups -OCH3 is 1. The van der Waals surface area contributed by atoms with Crippen LogP contribution in [0.2, 0.25) is 0 Å². The van der Waals surface area contributed by atoms with Gasteiger partial charge in [-0.25, -0.2) is 9.78 Å². The van der Waals surface area contributed by atoms with Crippen LogP contribution >= 0.6 is 0 Å². The van der Waals surface area contributed by atoms with Crippen molar-refractivity contribution in [3.63, 3.8) is 0 Å². The summed E-state index contributed by atoms with van der Waals surface area (Å²) in [6.07, 6.45) is 7.15. The van der Waals surface area contributed by atoms with Crippen LogP contribution in [0.1, 0.15) is 56.1 Å². The van der Waals surface area contributed by atoms with Gasteiger partial charge < -0.3 is 13.9 Å². The van der Waals surface area contributed by atoms with Gasteiger partial charge in [0.05, 0.1) is 18.9 Å². The number of hydrogen-bond donors (Lipinski definition) is 0. The van der Waals surface area contributed by atoms with Crippen LogP contribution in [0, 0.1) is 0 Å². The third kappa shape index (κ3) is 2.67. The lowest BCUT2D eigenvalue weighted by molar-refractivity contribution is 0.0584. The van der Waals surface area contributed by atoms with E-state index in [9.17, 15) is 4.79 Å². The molecular weight excluding hydrogens is 280 g/mol. The standard InChI is InChI=1S/C17H22N2O3/c1-17(2,3)14-10-19-9-12(16(20)21-4)13(8-15(19)18-14)22-11-6-5-7-11/h8-11H,5-7H2,1-4H3. The van der Waals surface area contributed by atoms with E-state index >= 15 is 0 Å². The molecule has 1 aliphatic carbocycles. The molecule has 0 radical (unpaired) electrons. The van der Waals surface area contributed by atoms with Crippen LogP contribution in [-0.4, -0.2) is 28.6 Å². The molecule has 5 heteroatoms. The zero-order valence-corrected chi connectivity index (χ0v) is 13.5. The van der Waals surface area contributed by atoms with Gasteiger partial charge in [0.15, 0.2) is 0 Å². The number of esters is 1. The number of nitrogens with zero attached hydrogens (tertiary/aromatic N) is 2. The Balaban J connectivity index is 2.07. The lowest BCUT2D eigenvalue weighted by atomic mass is 9.93. The number of carbonyl (C=O) groups excluding carboxylic acids is 1. The molecule has 118 valence electrons. The fourth-order valence-corrected chi connectivity index (χ4v) is 2.41. The lowest BCUT2D eigenvalue weighted by Crippen LogP contribution is -2.25. The van der Waals surface area contributed by atoms with Gasteiger partial charge in [0.25, 0.3) is 0 Å². The Labute approximate surface area is 130 Å². The van der Waals surface area contributed by atoms with Crippen molar-refractivity contribution in [3.8, 4) is 5.75 Å². The molecule has 0 atom stereocenters. The number of pyridine rings is 1. The van der Waals surface area contributed by atoms with E-state index in [4.69, 9.17) is 9.47 Å². The molecule has 2 heterocycles. The Morgan fingerprint density at radius 2 is 2.05 bits per heavy atom. The molecule has 3 rings (SSSR count). The molecule has 1 aliphatic rings. The summed E-state index contributed by atoms with van der Waals surface area (Å²) in [5.74, 6) is 0.178. The molecule has 0 spiro atoms. The smallest absolute Gasteiger partial charge is 0.343 e. The molecule has 0 aliphatic heterocycles. The molecule has 0 saturated heterocycles. The van der Waals surface area contributed by atoms with Crippen molar-refractivity contribution in [2.75, 3.05) is 7.11 Å². The SMILES string of the molecule is COC(=O)c1cn2cc(C(C)(C)C)nc2cc1OC1CCC1. The molecule has 0 amide bonds. The van der Waals surface area contributed by atoms with Gasteiger partial charge in [-0.05, 0) is 19.3 Å². The third-order valence-electron chi connectivity index (χ3n) is 4.07. The average Bonchev–Trinajstić information content (AvgIpc) is 2.83. The van der Waals surface area contributed by atoms with Crippen LogP contribution in [0.15, 0.2) is 18.5 Å². The molecule has 1 fully saturated rings. The predicted octanol–water partition coefficient (Wildman–Crippen LogP) is 3.35. The van der Waals surface area contributed by atoms with Crippen LogP contribution in [0.25, 0.3) is 5.65 Å². The molecule has 0 bridgehead atoms. The monoisotopic (exact) mass is 302 g/mol. The van der Waals surface area contributed by atoms with E-state index in [1.807, 2.05) is 16.7 Å². The molecule has 0 aromatic carbocycles. The van der Waals surface area contributed by atoms with E-state index in [0.29, 0.717) is 11.3 Å². The second kappa shape index (κ2) is 5.30. The van der Waals surface area contributed by atoms with Crippen LogP contribution in [0.5, 0.6) is 5.75 Å². The zero-order chi connectivity index (χ0) is 15.9. The minimum Gasteiger partial charge on any atom is -0.489 e. The van der Waals surface area contributed by atoms with Crippen molar-refractivity contribution >= 4 is 11.6 Å². The van der Waals surface area contributed by atoms with Gasteiger partial charge in [-0.2, -0.15) is 0 Å². The fourth-order valence-electron chi connectivity index (χ4n) is 2.41.